The highest BCUT2D eigenvalue weighted by Crippen LogP contribution is 2.38. The van der Waals surface area contributed by atoms with Crippen molar-refractivity contribution in [2.45, 2.75) is 45.2 Å². The number of nitrogens with zero attached hydrogens (tertiary/aromatic N) is 1. The first-order valence-electron chi connectivity index (χ1n) is 7.85. The summed E-state index contributed by atoms with van der Waals surface area (Å²) in [7, 11) is 0. The lowest BCUT2D eigenvalue weighted by molar-refractivity contribution is -0.184. The Morgan fingerprint density at radius 1 is 1.22 bits per heavy atom. The molecule has 23 heavy (non-hydrogen) atoms. The molecule has 0 bridgehead atoms. The van der Waals surface area contributed by atoms with E-state index in [4.69, 9.17) is 4.74 Å². The first kappa shape index (κ1) is 17.4. The average Bonchev–Trinajstić information content (AvgIpc) is 2.66. The Morgan fingerprint density at radius 2 is 1.87 bits per heavy atom. The molecule has 0 aromatic heterocycles. The number of benzene rings is 1. The van der Waals surface area contributed by atoms with Gasteiger partial charge in [0.25, 0.3) is 0 Å². The van der Waals surface area contributed by atoms with E-state index in [2.05, 4.69) is 0 Å². The van der Waals surface area contributed by atoms with E-state index in [1.807, 2.05) is 64.1 Å². The fraction of sp³-hybridized carbons (Fsp3) is 0.421. The summed E-state index contributed by atoms with van der Waals surface area (Å²) in [5.41, 5.74) is 1.04. The van der Waals surface area contributed by atoms with Crippen LogP contribution in [0.4, 0.5) is 0 Å². The molecular formula is C19H25NO3. The molecule has 1 N–H and O–H groups in total. The van der Waals surface area contributed by atoms with E-state index in [1.165, 1.54) is 11.1 Å². The van der Waals surface area contributed by atoms with Crippen LogP contribution in [-0.2, 0) is 16.0 Å². The first-order valence-corrected chi connectivity index (χ1v) is 7.85. The molecule has 1 heterocycles. The monoisotopic (exact) mass is 315 g/mol. The molecule has 0 amide bonds. The van der Waals surface area contributed by atoms with Gasteiger partial charge in [-0.1, -0.05) is 42.5 Å². The summed E-state index contributed by atoms with van der Waals surface area (Å²) >= 11 is 0. The lowest BCUT2D eigenvalue weighted by Crippen LogP contribution is -2.47. The van der Waals surface area contributed by atoms with Crippen molar-refractivity contribution in [2.24, 2.45) is 0 Å². The minimum atomic E-state index is -0.537. The topological polar surface area (TPSA) is 49.8 Å². The van der Waals surface area contributed by atoms with Crippen LogP contribution in [0.15, 0.2) is 54.1 Å². The second-order valence-corrected chi connectivity index (χ2v) is 6.86. The Labute approximate surface area is 138 Å². The number of hydroxylamine groups is 2. The van der Waals surface area contributed by atoms with Crippen LogP contribution in [0.2, 0.25) is 0 Å². The maximum atomic E-state index is 11.8. The van der Waals surface area contributed by atoms with Crippen LogP contribution >= 0.6 is 0 Å². The van der Waals surface area contributed by atoms with E-state index in [9.17, 15) is 10.0 Å². The van der Waals surface area contributed by atoms with Crippen molar-refractivity contribution < 1.29 is 14.7 Å². The summed E-state index contributed by atoms with van der Waals surface area (Å²) in [6, 6.07) is 9.91. The van der Waals surface area contributed by atoms with E-state index in [-0.39, 0.29) is 5.97 Å². The third-order valence-corrected chi connectivity index (χ3v) is 4.17. The van der Waals surface area contributed by atoms with Crippen molar-refractivity contribution in [3.8, 4) is 0 Å². The zero-order chi connectivity index (χ0) is 17.1. The number of rotatable bonds is 5. The highest BCUT2D eigenvalue weighted by molar-refractivity contribution is 5.82. The lowest BCUT2D eigenvalue weighted by Gasteiger charge is -2.35. The predicted molar refractivity (Wildman–Crippen MR) is 90.1 cm³/mol. The molecule has 124 valence electrons. The number of carbonyl (C=O) groups excluding carboxylic acids is 1. The van der Waals surface area contributed by atoms with Gasteiger partial charge in [-0.2, -0.15) is 5.06 Å². The Balaban J connectivity index is 1.89. The van der Waals surface area contributed by atoms with Gasteiger partial charge in [0.05, 0.1) is 17.7 Å². The van der Waals surface area contributed by atoms with Gasteiger partial charge in [-0.3, -0.25) is 0 Å². The minimum absolute atomic E-state index is 0.354. The second kappa shape index (κ2) is 6.69. The molecule has 1 aliphatic heterocycles. The third-order valence-electron chi connectivity index (χ3n) is 4.17. The molecule has 0 radical (unpaired) electrons. The van der Waals surface area contributed by atoms with Crippen LogP contribution in [0.5, 0.6) is 0 Å². The lowest BCUT2D eigenvalue weighted by atomic mass is 9.96. The second-order valence-electron chi connectivity index (χ2n) is 6.86. The maximum absolute atomic E-state index is 11.8. The summed E-state index contributed by atoms with van der Waals surface area (Å²) in [5, 5.41) is 11.5. The fourth-order valence-electron chi connectivity index (χ4n) is 2.83. The van der Waals surface area contributed by atoms with E-state index in [0.717, 1.165) is 11.1 Å². The van der Waals surface area contributed by atoms with E-state index in [1.54, 1.807) is 6.08 Å². The fourth-order valence-corrected chi connectivity index (χ4v) is 2.83. The quantitative estimate of drug-likeness (QED) is 0.667. The molecule has 0 aliphatic carbocycles. The molecule has 1 aromatic rings. The summed E-state index contributed by atoms with van der Waals surface area (Å²) < 4.78 is 5.22. The molecular weight excluding hydrogens is 290 g/mol. The summed E-state index contributed by atoms with van der Waals surface area (Å²) in [6.45, 7) is 8.03. The first-order chi connectivity index (χ1) is 10.7. The van der Waals surface area contributed by atoms with Gasteiger partial charge in [0, 0.05) is 12.5 Å². The molecule has 0 spiro atoms. The molecule has 0 unspecified atom stereocenters. The van der Waals surface area contributed by atoms with Gasteiger partial charge in [0.2, 0.25) is 0 Å². The van der Waals surface area contributed by atoms with Gasteiger partial charge in [-0.25, -0.2) is 4.79 Å². The molecule has 2 rings (SSSR count). The Morgan fingerprint density at radius 3 is 2.43 bits per heavy atom. The highest BCUT2D eigenvalue weighted by atomic mass is 16.5. The van der Waals surface area contributed by atoms with Gasteiger partial charge in [0.1, 0.15) is 0 Å². The van der Waals surface area contributed by atoms with Gasteiger partial charge in [-0.15, -0.1) is 0 Å². The van der Waals surface area contributed by atoms with Crippen LogP contribution in [-0.4, -0.2) is 33.9 Å². The van der Waals surface area contributed by atoms with Crippen molar-refractivity contribution in [1.29, 1.82) is 0 Å². The maximum Gasteiger partial charge on any atom is 0.330 e. The van der Waals surface area contributed by atoms with Crippen molar-refractivity contribution in [2.75, 3.05) is 6.61 Å². The van der Waals surface area contributed by atoms with Gasteiger partial charge < -0.3 is 9.94 Å². The smallest absolute Gasteiger partial charge is 0.330 e. The van der Waals surface area contributed by atoms with Crippen LogP contribution < -0.4 is 0 Å². The van der Waals surface area contributed by atoms with Crippen LogP contribution in [0.3, 0.4) is 0 Å². The van der Waals surface area contributed by atoms with Crippen molar-refractivity contribution in [1.82, 2.24) is 5.06 Å². The van der Waals surface area contributed by atoms with E-state index >= 15 is 0 Å². The number of hydrogen-bond donors (Lipinski definition) is 1. The number of esters is 1. The predicted octanol–water partition coefficient (Wildman–Crippen LogP) is 3.52. The normalized spacial score (nSPS) is 19.8. The Bertz CT molecular complexity index is 615. The van der Waals surface area contributed by atoms with Crippen molar-refractivity contribution in [3.63, 3.8) is 0 Å². The Hall–Kier alpha value is -1.91. The number of ether oxygens (including phenoxy) is 1. The van der Waals surface area contributed by atoms with E-state index < -0.39 is 11.1 Å². The third kappa shape index (κ3) is 4.09. The van der Waals surface area contributed by atoms with Crippen LogP contribution in [0.1, 0.15) is 33.3 Å². The standard InChI is InChI=1S/C19H25NO3/c1-18(2)14-16(19(3,4)20(18)22)10-11-17(21)23-13-12-15-8-6-5-7-9-15/h5-11,14,22H,12-13H2,1-4H3/b11-10+. The molecule has 0 saturated carbocycles. The van der Waals surface area contributed by atoms with Crippen molar-refractivity contribution >= 4 is 5.97 Å². The largest absolute Gasteiger partial charge is 0.462 e. The molecule has 4 nitrogen and oxygen atoms in total. The highest BCUT2D eigenvalue weighted by Gasteiger charge is 2.44. The van der Waals surface area contributed by atoms with Gasteiger partial charge in [-0.05, 0) is 38.8 Å². The minimum Gasteiger partial charge on any atom is -0.462 e. The molecule has 1 aliphatic rings. The van der Waals surface area contributed by atoms with Gasteiger partial charge in [0.15, 0.2) is 0 Å². The zero-order valence-electron chi connectivity index (χ0n) is 14.2. The average molecular weight is 315 g/mol. The molecule has 1 aromatic carbocycles. The van der Waals surface area contributed by atoms with Gasteiger partial charge >= 0.3 is 5.97 Å². The number of hydrogen-bond acceptors (Lipinski definition) is 4. The zero-order valence-corrected chi connectivity index (χ0v) is 14.2. The molecule has 0 fully saturated rings. The van der Waals surface area contributed by atoms with Crippen molar-refractivity contribution in [3.05, 3.63) is 59.7 Å². The molecule has 4 heteroatoms. The molecule has 0 atom stereocenters. The summed E-state index contributed by atoms with van der Waals surface area (Å²) in [6.07, 6.45) is 5.81. The Kier molecular flexibility index (Phi) is 5.07. The van der Waals surface area contributed by atoms with Crippen LogP contribution in [0, 0.1) is 0 Å². The number of carbonyl (C=O) groups is 1. The summed E-state index contributed by atoms with van der Waals surface area (Å²) in [5.74, 6) is -0.369. The SMILES string of the molecule is CC1(C)C=C(/C=C/C(=O)OCCc2ccccc2)C(C)(C)N1O. The van der Waals surface area contributed by atoms with Crippen LogP contribution in [0.25, 0.3) is 0 Å². The molecule has 0 saturated heterocycles. The summed E-state index contributed by atoms with van der Waals surface area (Å²) in [4.78, 5) is 11.8. The van der Waals surface area contributed by atoms with E-state index in [0.29, 0.717) is 13.0 Å².